The zero-order valence-corrected chi connectivity index (χ0v) is 14.9. The molecule has 0 saturated heterocycles. The van der Waals surface area contributed by atoms with E-state index in [1.54, 1.807) is 42.5 Å². The van der Waals surface area contributed by atoms with Gasteiger partial charge in [-0.05, 0) is 48.0 Å². The van der Waals surface area contributed by atoms with Crippen molar-refractivity contribution in [1.82, 2.24) is 0 Å². The van der Waals surface area contributed by atoms with E-state index in [4.69, 9.17) is 4.42 Å². The van der Waals surface area contributed by atoms with Gasteiger partial charge in [0.2, 0.25) is 14.9 Å². The number of furan rings is 1. The second-order valence-electron chi connectivity index (χ2n) is 5.79. The molecule has 0 spiro atoms. The first kappa shape index (κ1) is 17.0. The summed E-state index contributed by atoms with van der Waals surface area (Å²) in [5.41, 5.74) is 2.13. The van der Waals surface area contributed by atoms with E-state index in [0.29, 0.717) is 5.76 Å². The number of anilines is 1. The highest BCUT2D eigenvalue weighted by atomic mass is 32.2. The molecule has 0 aliphatic carbocycles. The summed E-state index contributed by atoms with van der Waals surface area (Å²) in [6, 6.07) is 19.4. The van der Waals surface area contributed by atoms with Crippen molar-refractivity contribution in [3.05, 3.63) is 78.1 Å². The van der Waals surface area contributed by atoms with Gasteiger partial charge in [-0.3, -0.25) is 0 Å². The Hall–Kier alpha value is -2.79. The van der Waals surface area contributed by atoms with Crippen LogP contribution >= 0.6 is 0 Å². The average molecular weight is 353 g/mol. The maximum atomic E-state index is 12.5. The molecule has 2 aromatic carbocycles. The minimum Gasteiger partial charge on any atom is -0.445 e. The van der Waals surface area contributed by atoms with Crippen molar-refractivity contribution in [2.24, 2.45) is 0 Å². The fourth-order valence-electron chi connectivity index (χ4n) is 2.35. The molecule has 0 aliphatic rings. The Morgan fingerprint density at radius 1 is 0.840 bits per heavy atom. The lowest BCUT2D eigenvalue weighted by molar-refractivity contribution is 0.443. The third-order valence-electron chi connectivity index (χ3n) is 3.77. The number of nitrogens with zero attached hydrogens (tertiary/aromatic N) is 1. The van der Waals surface area contributed by atoms with Crippen LogP contribution in [0.4, 0.5) is 5.69 Å². The zero-order chi connectivity index (χ0) is 17.9. The number of sulfone groups is 1. The molecule has 3 aromatic rings. The van der Waals surface area contributed by atoms with E-state index in [0.717, 1.165) is 11.3 Å². The van der Waals surface area contributed by atoms with Crippen LogP contribution in [0.15, 0.2) is 81.1 Å². The topological polar surface area (TPSA) is 50.5 Å². The first-order chi connectivity index (χ1) is 12.0. The van der Waals surface area contributed by atoms with Crippen molar-refractivity contribution in [3.8, 4) is 0 Å². The molecule has 0 fully saturated rings. The van der Waals surface area contributed by atoms with Crippen LogP contribution in [0.1, 0.15) is 11.3 Å². The fraction of sp³-hybridized carbons (Fsp3) is 0.100. The molecule has 0 aliphatic heterocycles. The summed E-state index contributed by atoms with van der Waals surface area (Å²) >= 11 is 0. The van der Waals surface area contributed by atoms with Gasteiger partial charge < -0.3 is 9.32 Å². The van der Waals surface area contributed by atoms with E-state index in [1.807, 2.05) is 49.3 Å². The van der Waals surface area contributed by atoms with Crippen LogP contribution in [-0.4, -0.2) is 22.5 Å². The quantitative estimate of drug-likeness (QED) is 0.684. The van der Waals surface area contributed by atoms with Crippen LogP contribution in [0.25, 0.3) is 12.2 Å². The summed E-state index contributed by atoms with van der Waals surface area (Å²) in [5, 5.41) is -0.0543. The molecular formula is C20H19NO3S. The van der Waals surface area contributed by atoms with Crippen molar-refractivity contribution >= 4 is 27.7 Å². The highest BCUT2D eigenvalue weighted by Crippen LogP contribution is 2.23. The lowest BCUT2D eigenvalue weighted by Gasteiger charge is -2.11. The lowest BCUT2D eigenvalue weighted by Crippen LogP contribution is -2.07. The summed E-state index contributed by atoms with van der Waals surface area (Å²) in [4.78, 5) is 2.25. The van der Waals surface area contributed by atoms with Gasteiger partial charge in [-0.25, -0.2) is 8.42 Å². The highest BCUT2D eigenvalue weighted by Gasteiger charge is 2.20. The Bertz CT molecular complexity index is 969. The number of rotatable bonds is 5. The Kier molecular flexibility index (Phi) is 4.76. The first-order valence-corrected chi connectivity index (χ1v) is 9.30. The standard InChI is InChI=1S/C20H19NO3S/c1-21(2)17-11-8-16(9-12-17)10-13-18-14-15-20(24-18)25(22,23)19-6-4-3-5-7-19/h3-15H,1-2H3/b13-10+. The number of hydrogen-bond donors (Lipinski definition) is 0. The normalized spacial score (nSPS) is 11.8. The molecule has 128 valence electrons. The molecule has 1 heterocycles. The molecule has 3 rings (SSSR count). The van der Waals surface area contributed by atoms with Gasteiger partial charge in [0, 0.05) is 19.8 Å². The van der Waals surface area contributed by atoms with E-state index in [9.17, 15) is 8.42 Å². The summed E-state index contributed by atoms with van der Waals surface area (Å²) in [6.07, 6.45) is 3.64. The van der Waals surface area contributed by atoms with Crippen LogP contribution in [0.5, 0.6) is 0 Å². The Balaban J connectivity index is 1.80. The van der Waals surface area contributed by atoms with Gasteiger partial charge in [-0.15, -0.1) is 0 Å². The van der Waals surface area contributed by atoms with E-state index in [-0.39, 0.29) is 9.99 Å². The van der Waals surface area contributed by atoms with E-state index < -0.39 is 9.84 Å². The maximum absolute atomic E-state index is 12.5. The second kappa shape index (κ2) is 6.99. The summed E-state index contributed by atoms with van der Waals surface area (Å²) in [7, 11) is 0.355. The molecule has 0 radical (unpaired) electrons. The predicted octanol–water partition coefficient (Wildman–Crippen LogP) is 4.35. The van der Waals surface area contributed by atoms with E-state index >= 15 is 0 Å². The zero-order valence-electron chi connectivity index (χ0n) is 14.1. The molecule has 25 heavy (non-hydrogen) atoms. The van der Waals surface area contributed by atoms with Gasteiger partial charge in [-0.1, -0.05) is 36.4 Å². The van der Waals surface area contributed by atoms with Crippen molar-refractivity contribution in [3.63, 3.8) is 0 Å². The molecule has 0 unspecified atom stereocenters. The SMILES string of the molecule is CN(C)c1ccc(/C=C/c2ccc(S(=O)(=O)c3ccccc3)o2)cc1. The monoisotopic (exact) mass is 353 g/mol. The largest absolute Gasteiger partial charge is 0.445 e. The van der Waals surface area contributed by atoms with Crippen LogP contribution in [-0.2, 0) is 9.84 Å². The average Bonchev–Trinajstić information content (AvgIpc) is 3.11. The molecule has 0 bridgehead atoms. The minimum absolute atomic E-state index is 0.0543. The van der Waals surface area contributed by atoms with Gasteiger partial charge in [-0.2, -0.15) is 0 Å². The number of hydrogen-bond acceptors (Lipinski definition) is 4. The molecule has 4 nitrogen and oxygen atoms in total. The third-order valence-corrected chi connectivity index (χ3v) is 5.41. The molecule has 0 N–H and O–H groups in total. The second-order valence-corrected chi connectivity index (χ2v) is 7.67. The van der Waals surface area contributed by atoms with Gasteiger partial charge in [0.15, 0.2) is 0 Å². The van der Waals surface area contributed by atoms with Gasteiger partial charge in [0.25, 0.3) is 0 Å². The van der Waals surface area contributed by atoms with E-state index in [2.05, 4.69) is 0 Å². The molecule has 0 amide bonds. The van der Waals surface area contributed by atoms with E-state index in [1.165, 1.54) is 6.07 Å². The number of benzene rings is 2. The molecule has 5 heteroatoms. The third kappa shape index (κ3) is 3.83. The van der Waals surface area contributed by atoms with Crippen molar-refractivity contribution in [1.29, 1.82) is 0 Å². The van der Waals surface area contributed by atoms with Crippen LogP contribution in [0.2, 0.25) is 0 Å². The molecule has 1 aromatic heterocycles. The maximum Gasteiger partial charge on any atom is 0.239 e. The smallest absolute Gasteiger partial charge is 0.239 e. The van der Waals surface area contributed by atoms with Gasteiger partial charge in [0.1, 0.15) is 5.76 Å². The van der Waals surface area contributed by atoms with Gasteiger partial charge >= 0.3 is 0 Å². The first-order valence-electron chi connectivity index (χ1n) is 7.82. The minimum atomic E-state index is -3.62. The lowest BCUT2D eigenvalue weighted by atomic mass is 10.2. The fourth-order valence-corrected chi connectivity index (χ4v) is 3.55. The summed E-state index contributed by atoms with van der Waals surface area (Å²) in [6.45, 7) is 0. The summed E-state index contributed by atoms with van der Waals surface area (Å²) < 4.78 is 30.5. The highest BCUT2D eigenvalue weighted by molar-refractivity contribution is 7.91. The Labute approximate surface area is 147 Å². The van der Waals surface area contributed by atoms with Crippen LogP contribution in [0, 0.1) is 0 Å². The predicted molar refractivity (Wildman–Crippen MR) is 100 cm³/mol. The van der Waals surface area contributed by atoms with Crippen molar-refractivity contribution in [2.45, 2.75) is 9.99 Å². The Morgan fingerprint density at radius 2 is 1.52 bits per heavy atom. The van der Waals surface area contributed by atoms with Crippen LogP contribution < -0.4 is 4.90 Å². The van der Waals surface area contributed by atoms with Crippen LogP contribution in [0.3, 0.4) is 0 Å². The molecule has 0 atom stereocenters. The van der Waals surface area contributed by atoms with Crippen molar-refractivity contribution in [2.75, 3.05) is 19.0 Å². The summed E-state index contributed by atoms with van der Waals surface area (Å²) in [5.74, 6) is 0.492. The van der Waals surface area contributed by atoms with Crippen molar-refractivity contribution < 1.29 is 12.8 Å². The molecular weight excluding hydrogens is 334 g/mol. The molecule has 0 saturated carbocycles. The van der Waals surface area contributed by atoms with Gasteiger partial charge in [0.05, 0.1) is 4.90 Å². The Morgan fingerprint density at radius 3 is 2.16 bits per heavy atom.